The molecule has 1 rings (SSSR count). The van der Waals surface area contributed by atoms with Crippen LogP contribution in [0.15, 0.2) is 47.0 Å². The second kappa shape index (κ2) is 5.15. The molecule has 0 saturated heterocycles. The lowest BCUT2D eigenvalue weighted by molar-refractivity contribution is 0.561. The van der Waals surface area contributed by atoms with Crippen molar-refractivity contribution in [2.75, 3.05) is 0 Å². The van der Waals surface area contributed by atoms with Gasteiger partial charge >= 0.3 is 0 Å². The van der Waals surface area contributed by atoms with Gasteiger partial charge in [-0.2, -0.15) is 4.99 Å². The molecule has 0 aliphatic heterocycles. The van der Waals surface area contributed by atoms with E-state index in [4.69, 9.17) is 0 Å². The first-order valence-electron chi connectivity index (χ1n) is 4.51. The first-order valence-corrected chi connectivity index (χ1v) is 4.51. The van der Waals surface area contributed by atoms with Gasteiger partial charge in [0.1, 0.15) is 6.04 Å². The van der Waals surface area contributed by atoms with Crippen LogP contribution in [-0.2, 0) is 4.79 Å². The van der Waals surface area contributed by atoms with Crippen molar-refractivity contribution >= 4 is 6.08 Å². The van der Waals surface area contributed by atoms with Gasteiger partial charge in [0.15, 0.2) is 0 Å². The van der Waals surface area contributed by atoms with Crippen LogP contribution in [0.3, 0.4) is 0 Å². The van der Waals surface area contributed by atoms with Crippen LogP contribution in [0.4, 0.5) is 0 Å². The average molecular weight is 187 g/mol. The summed E-state index contributed by atoms with van der Waals surface area (Å²) >= 11 is 0. The minimum atomic E-state index is -0.196. The van der Waals surface area contributed by atoms with Crippen LogP contribution < -0.4 is 0 Å². The number of benzene rings is 1. The Bertz CT molecular complexity index is 357. The minimum absolute atomic E-state index is 0.196. The van der Waals surface area contributed by atoms with E-state index in [0.717, 1.165) is 11.1 Å². The summed E-state index contributed by atoms with van der Waals surface area (Å²) in [6, 6.07) is 9.51. The molecule has 0 amide bonds. The Balaban J connectivity index is 3.01. The number of hydrogen-bond acceptors (Lipinski definition) is 2. The number of carbonyl (C=O) groups excluding carboxylic acids is 1. The Hall–Kier alpha value is -1.66. The maximum absolute atomic E-state index is 10.2. The number of isocyanates is 1. The van der Waals surface area contributed by atoms with E-state index >= 15 is 0 Å². The molecule has 2 nitrogen and oxygen atoms in total. The van der Waals surface area contributed by atoms with E-state index in [9.17, 15) is 4.79 Å². The zero-order valence-corrected chi connectivity index (χ0v) is 8.40. The summed E-state index contributed by atoms with van der Waals surface area (Å²) < 4.78 is 0. The Morgan fingerprint density at radius 3 is 2.50 bits per heavy atom. The van der Waals surface area contributed by atoms with Crippen LogP contribution in [0.25, 0.3) is 0 Å². The second-order valence-electron chi connectivity index (χ2n) is 3.32. The van der Waals surface area contributed by atoms with Crippen molar-refractivity contribution in [3.8, 4) is 0 Å². The molecule has 1 unspecified atom stereocenters. The highest BCUT2D eigenvalue weighted by Crippen LogP contribution is 2.19. The molecule has 0 bridgehead atoms. The maximum Gasteiger partial charge on any atom is 0.235 e. The van der Waals surface area contributed by atoms with E-state index in [1.165, 1.54) is 0 Å². The predicted molar refractivity (Wildman–Crippen MR) is 56.7 cm³/mol. The van der Waals surface area contributed by atoms with Crippen LogP contribution in [-0.4, -0.2) is 6.08 Å². The van der Waals surface area contributed by atoms with Crippen molar-refractivity contribution in [1.82, 2.24) is 0 Å². The fraction of sp³-hybridized carbons (Fsp3) is 0.250. The first kappa shape index (κ1) is 10.4. The molecule has 0 aliphatic rings. The lowest BCUT2D eigenvalue weighted by Crippen LogP contribution is -1.91. The third kappa shape index (κ3) is 3.00. The van der Waals surface area contributed by atoms with Crippen molar-refractivity contribution in [3.63, 3.8) is 0 Å². The van der Waals surface area contributed by atoms with Crippen LogP contribution in [0.5, 0.6) is 0 Å². The summed E-state index contributed by atoms with van der Waals surface area (Å²) in [5, 5.41) is 0. The summed E-state index contributed by atoms with van der Waals surface area (Å²) in [6.07, 6.45) is 3.55. The summed E-state index contributed by atoms with van der Waals surface area (Å²) in [7, 11) is 0. The van der Waals surface area contributed by atoms with E-state index in [0.29, 0.717) is 0 Å². The van der Waals surface area contributed by atoms with Crippen LogP contribution >= 0.6 is 0 Å². The van der Waals surface area contributed by atoms with Crippen LogP contribution in [0.1, 0.15) is 25.5 Å². The normalized spacial score (nSPS) is 11.3. The van der Waals surface area contributed by atoms with E-state index in [1.807, 2.05) is 50.3 Å². The second-order valence-corrected chi connectivity index (χ2v) is 3.32. The van der Waals surface area contributed by atoms with Crippen LogP contribution in [0.2, 0.25) is 0 Å². The summed E-state index contributed by atoms with van der Waals surface area (Å²) in [5.74, 6) is 0. The number of allylic oxidation sites excluding steroid dienone is 1. The minimum Gasteiger partial charge on any atom is -0.211 e. The van der Waals surface area contributed by atoms with Gasteiger partial charge in [0.25, 0.3) is 0 Å². The molecule has 0 N–H and O–H groups in total. The summed E-state index contributed by atoms with van der Waals surface area (Å²) in [4.78, 5) is 14.0. The Morgan fingerprint density at radius 1 is 1.36 bits per heavy atom. The van der Waals surface area contributed by atoms with E-state index in [1.54, 1.807) is 6.08 Å². The van der Waals surface area contributed by atoms with Crippen molar-refractivity contribution < 1.29 is 4.79 Å². The Kier molecular flexibility index (Phi) is 3.84. The Labute approximate surface area is 84.0 Å². The van der Waals surface area contributed by atoms with Gasteiger partial charge in [-0.15, -0.1) is 0 Å². The van der Waals surface area contributed by atoms with Crippen molar-refractivity contribution in [3.05, 3.63) is 47.5 Å². The maximum atomic E-state index is 10.2. The molecule has 0 fully saturated rings. The quantitative estimate of drug-likeness (QED) is 0.406. The standard InChI is InChI=1S/C12H13NO/c1-10(2)8-12(13-9-14)11-6-4-3-5-7-11/h3-8,12H,1-2H3. The van der Waals surface area contributed by atoms with E-state index in [-0.39, 0.29) is 6.04 Å². The summed E-state index contributed by atoms with van der Waals surface area (Å²) in [6.45, 7) is 3.96. The molecule has 0 saturated carbocycles. The van der Waals surface area contributed by atoms with Gasteiger partial charge in [0.2, 0.25) is 6.08 Å². The fourth-order valence-electron chi connectivity index (χ4n) is 1.23. The zero-order valence-electron chi connectivity index (χ0n) is 8.40. The topological polar surface area (TPSA) is 29.4 Å². The van der Waals surface area contributed by atoms with Gasteiger partial charge in [-0.05, 0) is 19.4 Å². The fourth-order valence-corrected chi connectivity index (χ4v) is 1.23. The van der Waals surface area contributed by atoms with E-state index < -0.39 is 0 Å². The molecule has 1 aromatic rings. The number of hydrogen-bond donors (Lipinski definition) is 0. The van der Waals surface area contributed by atoms with Crippen molar-refractivity contribution in [2.45, 2.75) is 19.9 Å². The van der Waals surface area contributed by atoms with E-state index in [2.05, 4.69) is 4.99 Å². The third-order valence-corrected chi connectivity index (χ3v) is 1.82. The molecular formula is C12H13NO. The molecule has 14 heavy (non-hydrogen) atoms. The zero-order chi connectivity index (χ0) is 10.4. The highest BCUT2D eigenvalue weighted by Gasteiger charge is 2.04. The smallest absolute Gasteiger partial charge is 0.211 e. The number of rotatable bonds is 3. The molecule has 0 spiro atoms. The first-order chi connectivity index (χ1) is 6.74. The van der Waals surface area contributed by atoms with Crippen LogP contribution in [0, 0.1) is 0 Å². The molecular weight excluding hydrogens is 174 g/mol. The van der Waals surface area contributed by atoms with Gasteiger partial charge in [0, 0.05) is 0 Å². The SMILES string of the molecule is CC(C)=CC(N=C=O)c1ccccc1. The van der Waals surface area contributed by atoms with Gasteiger partial charge in [-0.25, -0.2) is 4.79 Å². The molecule has 0 aliphatic carbocycles. The third-order valence-electron chi connectivity index (χ3n) is 1.82. The number of aliphatic imine (C=N–C) groups is 1. The summed E-state index contributed by atoms with van der Waals surface area (Å²) in [5.41, 5.74) is 2.15. The average Bonchev–Trinajstić information content (AvgIpc) is 2.18. The molecule has 0 aromatic heterocycles. The van der Waals surface area contributed by atoms with Crippen molar-refractivity contribution in [1.29, 1.82) is 0 Å². The molecule has 1 aromatic carbocycles. The molecule has 0 radical (unpaired) electrons. The molecule has 2 heteroatoms. The van der Waals surface area contributed by atoms with Gasteiger partial charge < -0.3 is 0 Å². The molecule has 72 valence electrons. The van der Waals surface area contributed by atoms with Gasteiger partial charge in [0.05, 0.1) is 0 Å². The lowest BCUT2D eigenvalue weighted by Gasteiger charge is -2.05. The number of nitrogens with zero attached hydrogens (tertiary/aromatic N) is 1. The lowest BCUT2D eigenvalue weighted by atomic mass is 10.1. The van der Waals surface area contributed by atoms with Gasteiger partial charge in [-0.3, -0.25) is 0 Å². The Morgan fingerprint density at radius 2 is 2.00 bits per heavy atom. The van der Waals surface area contributed by atoms with Crippen molar-refractivity contribution in [2.24, 2.45) is 4.99 Å². The highest BCUT2D eigenvalue weighted by molar-refractivity contribution is 5.37. The molecule has 1 atom stereocenters. The molecule has 0 heterocycles. The van der Waals surface area contributed by atoms with Gasteiger partial charge in [-0.1, -0.05) is 42.0 Å². The predicted octanol–water partition coefficient (Wildman–Crippen LogP) is 3.03. The largest absolute Gasteiger partial charge is 0.235 e. The highest BCUT2D eigenvalue weighted by atomic mass is 16.1. The monoisotopic (exact) mass is 187 g/mol.